The summed E-state index contributed by atoms with van der Waals surface area (Å²) in [6, 6.07) is 12.5. The van der Waals surface area contributed by atoms with Crippen molar-refractivity contribution in [1.82, 2.24) is 14.7 Å². The minimum Gasteiger partial charge on any atom is -0.493 e. The monoisotopic (exact) mass is 835 g/mol. The summed E-state index contributed by atoms with van der Waals surface area (Å²) in [5.74, 6) is 0.979. The normalized spacial score (nSPS) is 21.1. The van der Waals surface area contributed by atoms with Crippen LogP contribution >= 0.6 is 23.4 Å². The van der Waals surface area contributed by atoms with Gasteiger partial charge in [-0.25, -0.2) is 14.5 Å². The van der Waals surface area contributed by atoms with Crippen molar-refractivity contribution in [3.8, 4) is 11.5 Å². The van der Waals surface area contributed by atoms with Crippen molar-refractivity contribution in [2.24, 2.45) is 0 Å². The zero-order valence-corrected chi connectivity index (χ0v) is 35.4. The Balaban J connectivity index is 0.996. The molecule has 0 aliphatic carbocycles. The first-order chi connectivity index (χ1) is 28.0. The Morgan fingerprint density at radius 3 is 2.45 bits per heavy atom. The number of unbranched alkanes of at least 4 members (excludes halogenated alkanes) is 2. The second kappa shape index (κ2) is 18.4. The van der Waals surface area contributed by atoms with E-state index in [1.54, 1.807) is 38.6 Å². The van der Waals surface area contributed by atoms with Gasteiger partial charge < -0.3 is 38.9 Å². The third kappa shape index (κ3) is 8.57. The number of anilines is 2. The van der Waals surface area contributed by atoms with Crippen LogP contribution in [0.2, 0.25) is 0 Å². The lowest BCUT2D eigenvalue weighted by Gasteiger charge is -2.32. The van der Waals surface area contributed by atoms with Crippen LogP contribution < -0.4 is 19.3 Å². The number of carbonyl (C=O) groups excluding carboxylic acids is 4. The standard InChI is InChI=1S/C43H54ClN5O8S/c1-27-21-32-34(49(43(54)56-26-28(2)58-4)41(52)33-13-10-15-47(33)40(32)51)22-36(27)55-20-9-5-6-14-38(50)48-25-29(24-44)39-31-12-8-7-11-30(31)37(23-35(39)48)57-42(53)46-18-16-45(3)17-19-46/h7-8,11-12,21-23,28-29,33,41,52H,5-6,9-10,13-20,24-26H2,1-4H3/t28?,29-,33+,41?/m1/s1. The molecule has 0 spiro atoms. The van der Waals surface area contributed by atoms with Gasteiger partial charge in [0.15, 0.2) is 6.23 Å². The predicted octanol–water partition coefficient (Wildman–Crippen LogP) is 6.83. The molecule has 13 nitrogen and oxygen atoms in total. The molecule has 15 heteroatoms. The molecule has 0 radical (unpaired) electrons. The molecule has 4 aliphatic heterocycles. The lowest BCUT2D eigenvalue weighted by atomic mass is 9.95. The summed E-state index contributed by atoms with van der Waals surface area (Å²) < 4.78 is 17.9. The molecule has 4 amide bonds. The molecule has 312 valence electrons. The third-order valence-electron chi connectivity index (χ3n) is 11.9. The van der Waals surface area contributed by atoms with Crippen LogP contribution in [0.5, 0.6) is 11.5 Å². The highest BCUT2D eigenvalue weighted by Crippen LogP contribution is 2.46. The number of carbonyl (C=O) groups is 4. The molecule has 2 saturated heterocycles. The summed E-state index contributed by atoms with van der Waals surface area (Å²) in [5.41, 5.74) is 3.07. The third-order valence-corrected chi connectivity index (χ3v) is 13.2. The van der Waals surface area contributed by atoms with Gasteiger partial charge in [0.05, 0.1) is 29.6 Å². The molecule has 0 aromatic heterocycles. The number of aryl methyl sites for hydroxylation is 1. The average Bonchev–Trinajstić information content (AvgIpc) is 3.86. The number of benzene rings is 3. The van der Waals surface area contributed by atoms with E-state index in [2.05, 4.69) is 4.90 Å². The lowest BCUT2D eigenvalue weighted by molar-refractivity contribution is -0.118. The second-order valence-electron chi connectivity index (χ2n) is 15.8. The van der Waals surface area contributed by atoms with Gasteiger partial charge in [-0.1, -0.05) is 31.2 Å². The first-order valence-electron chi connectivity index (χ1n) is 20.3. The molecular formula is C43H54ClN5O8S. The van der Waals surface area contributed by atoms with Crippen molar-refractivity contribution in [3.05, 3.63) is 59.2 Å². The van der Waals surface area contributed by atoms with E-state index in [1.165, 1.54) is 4.90 Å². The Labute approximate surface area is 349 Å². The number of hydrogen-bond donors (Lipinski definition) is 1. The predicted molar refractivity (Wildman–Crippen MR) is 227 cm³/mol. The molecule has 58 heavy (non-hydrogen) atoms. The smallest absolute Gasteiger partial charge is 0.416 e. The Morgan fingerprint density at radius 2 is 1.71 bits per heavy atom. The van der Waals surface area contributed by atoms with Crippen LogP contribution in [0.25, 0.3) is 10.8 Å². The van der Waals surface area contributed by atoms with E-state index in [-0.39, 0.29) is 35.3 Å². The van der Waals surface area contributed by atoms with Crippen molar-refractivity contribution >= 4 is 69.5 Å². The van der Waals surface area contributed by atoms with Gasteiger partial charge in [-0.2, -0.15) is 11.8 Å². The summed E-state index contributed by atoms with van der Waals surface area (Å²) in [7, 11) is 2.03. The van der Waals surface area contributed by atoms with E-state index in [1.807, 2.05) is 57.5 Å². The SMILES string of the molecule is CSC(C)COC(=O)N1c2cc(OCCCCCC(=O)N3C[C@@H](CCl)c4c3cc(OC(=O)N3CCN(C)CC3)c3ccccc43)c(C)cc2C(=O)N2CCC[C@H]2C1O. The van der Waals surface area contributed by atoms with Gasteiger partial charge in [0.2, 0.25) is 5.91 Å². The number of nitrogens with zero attached hydrogens (tertiary/aromatic N) is 5. The van der Waals surface area contributed by atoms with Gasteiger partial charge in [-0.15, -0.1) is 11.6 Å². The fourth-order valence-corrected chi connectivity index (χ4v) is 8.90. The Bertz CT molecular complexity index is 2030. The van der Waals surface area contributed by atoms with Gasteiger partial charge in [0.25, 0.3) is 5.91 Å². The zero-order valence-electron chi connectivity index (χ0n) is 33.8. The summed E-state index contributed by atoms with van der Waals surface area (Å²) in [6.07, 6.45) is 3.24. The highest BCUT2D eigenvalue weighted by atomic mass is 35.5. The fourth-order valence-electron chi connectivity index (χ4n) is 8.44. The number of hydrogen-bond acceptors (Lipinski definition) is 10. The molecule has 0 bridgehead atoms. The van der Waals surface area contributed by atoms with E-state index in [0.29, 0.717) is 81.4 Å². The van der Waals surface area contributed by atoms with Crippen LogP contribution in [0.1, 0.15) is 72.9 Å². The number of aliphatic hydroxyl groups excluding tert-OH is 1. The number of rotatable bonds is 12. The molecule has 2 fully saturated rings. The van der Waals surface area contributed by atoms with Crippen LogP contribution in [0.3, 0.4) is 0 Å². The van der Waals surface area contributed by atoms with Crippen LogP contribution in [0.15, 0.2) is 42.5 Å². The maximum atomic E-state index is 13.8. The van der Waals surface area contributed by atoms with E-state index >= 15 is 0 Å². The van der Waals surface area contributed by atoms with Crippen molar-refractivity contribution in [2.45, 2.75) is 75.8 Å². The van der Waals surface area contributed by atoms with Crippen LogP contribution in [0, 0.1) is 6.92 Å². The summed E-state index contributed by atoms with van der Waals surface area (Å²) in [5, 5.41) is 13.3. The summed E-state index contributed by atoms with van der Waals surface area (Å²) in [6.45, 7) is 8.03. The van der Waals surface area contributed by atoms with Gasteiger partial charge in [-0.3, -0.25) is 9.59 Å². The molecule has 4 aliphatic rings. The Morgan fingerprint density at radius 1 is 0.966 bits per heavy atom. The van der Waals surface area contributed by atoms with E-state index < -0.39 is 24.5 Å². The maximum absolute atomic E-state index is 13.8. The van der Waals surface area contributed by atoms with Crippen molar-refractivity contribution in [1.29, 1.82) is 0 Å². The zero-order chi connectivity index (χ0) is 41.1. The maximum Gasteiger partial charge on any atom is 0.416 e. The van der Waals surface area contributed by atoms with Gasteiger partial charge >= 0.3 is 12.2 Å². The molecule has 4 heterocycles. The van der Waals surface area contributed by atoms with Crippen LogP contribution in [-0.4, -0.2) is 133 Å². The highest BCUT2D eigenvalue weighted by molar-refractivity contribution is 7.99. The molecule has 1 N–H and O–H groups in total. The fraction of sp³-hybridized carbons (Fsp3) is 0.535. The average molecular weight is 836 g/mol. The summed E-state index contributed by atoms with van der Waals surface area (Å²) in [4.78, 5) is 62.9. The largest absolute Gasteiger partial charge is 0.493 e. The van der Waals surface area contributed by atoms with E-state index in [9.17, 15) is 24.3 Å². The number of alkyl halides is 1. The van der Waals surface area contributed by atoms with Crippen LogP contribution in [0.4, 0.5) is 21.0 Å². The molecule has 7 rings (SSSR count). The minimum absolute atomic E-state index is 0.0226. The highest BCUT2D eigenvalue weighted by Gasteiger charge is 2.45. The molecule has 3 aromatic carbocycles. The number of ether oxygens (including phenoxy) is 3. The number of piperazine rings is 1. The first kappa shape index (κ1) is 41.9. The van der Waals surface area contributed by atoms with Crippen molar-refractivity contribution < 1.29 is 38.5 Å². The van der Waals surface area contributed by atoms with Crippen LogP contribution in [-0.2, 0) is 9.53 Å². The number of aliphatic hydroxyl groups is 1. The Kier molecular flexibility index (Phi) is 13.3. The molecule has 3 aromatic rings. The van der Waals surface area contributed by atoms with Crippen molar-refractivity contribution in [2.75, 3.05) is 81.5 Å². The van der Waals surface area contributed by atoms with E-state index in [0.717, 1.165) is 53.5 Å². The van der Waals surface area contributed by atoms with Gasteiger partial charge in [0, 0.05) is 80.3 Å². The number of likely N-dealkylation sites (N-methyl/N-ethyl adjacent to an activating group) is 1. The number of thioether (sulfide) groups is 1. The molecule has 0 saturated carbocycles. The summed E-state index contributed by atoms with van der Waals surface area (Å²) >= 11 is 8.07. The lowest BCUT2D eigenvalue weighted by Crippen LogP contribution is -2.51. The molecule has 4 atom stereocenters. The van der Waals surface area contributed by atoms with Gasteiger partial charge in [-0.05, 0) is 74.9 Å². The van der Waals surface area contributed by atoms with Crippen molar-refractivity contribution in [3.63, 3.8) is 0 Å². The second-order valence-corrected chi connectivity index (χ2v) is 17.4. The molecule has 2 unspecified atom stereocenters. The minimum atomic E-state index is -1.26. The quantitative estimate of drug-likeness (QED) is 0.153. The molecular weight excluding hydrogens is 782 g/mol. The van der Waals surface area contributed by atoms with Gasteiger partial charge in [0.1, 0.15) is 18.1 Å². The topological polar surface area (TPSA) is 132 Å². The van der Waals surface area contributed by atoms with E-state index in [4.69, 9.17) is 25.8 Å². The first-order valence-corrected chi connectivity index (χ1v) is 22.2. The number of fused-ring (bicyclic) bond motifs is 5. The Hall–Kier alpha value is -4.24. The number of amides is 4. The number of halogens is 1.